The van der Waals surface area contributed by atoms with Crippen molar-refractivity contribution in [1.29, 1.82) is 0 Å². The van der Waals surface area contributed by atoms with Crippen LogP contribution in [0.15, 0.2) is 66.2 Å². The van der Waals surface area contributed by atoms with E-state index in [2.05, 4.69) is 15.0 Å². The van der Waals surface area contributed by atoms with Gasteiger partial charge in [0.2, 0.25) is 0 Å². The zero-order valence-corrected chi connectivity index (χ0v) is 18.2. The molecule has 0 radical (unpaired) electrons. The molecular formula is C23H19ClF3N3O3. The van der Waals surface area contributed by atoms with Crippen molar-refractivity contribution in [3.63, 3.8) is 0 Å². The zero-order valence-electron chi connectivity index (χ0n) is 17.4. The first-order valence-corrected chi connectivity index (χ1v) is 10.3. The van der Waals surface area contributed by atoms with Gasteiger partial charge in [-0.1, -0.05) is 17.7 Å². The molecule has 2 aromatic heterocycles. The number of carbonyl (C=O) groups is 1. The van der Waals surface area contributed by atoms with Crippen molar-refractivity contribution in [2.45, 2.75) is 25.7 Å². The highest BCUT2D eigenvalue weighted by Gasteiger charge is 2.32. The number of allylic oxidation sites excluding steroid dienone is 4. The third-order valence-corrected chi connectivity index (χ3v) is 5.24. The van der Waals surface area contributed by atoms with E-state index in [4.69, 9.17) is 16.3 Å². The van der Waals surface area contributed by atoms with Crippen LogP contribution in [0.1, 0.15) is 23.2 Å². The predicted octanol–water partition coefficient (Wildman–Crippen LogP) is 6.36. The van der Waals surface area contributed by atoms with Crippen molar-refractivity contribution >= 4 is 40.0 Å². The van der Waals surface area contributed by atoms with Gasteiger partial charge in [0.15, 0.2) is 0 Å². The number of hydrogen-bond donors (Lipinski definition) is 1. The molecule has 0 atom stereocenters. The molecule has 10 heteroatoms. The van der Waals surface area contributed by atoms with Crippen LogP contribution in [-0.4, -0.2) is 29.0 Å². The van der Waals surface area contributed by atoms with Crippen LogP contribution < -0.4 is 5.32 Å². The van der Waals surface area contributed by atoms with Crippen molar-refractivity contribution in [2.24, 2.45) is 0 Å². The summed E-state index contributed by atoms with van der Waals surface area (Å²) in [7, 11) is 1.27. The molecule has 0 amide bonds. The first kappa shape index (κ1) is 22.7. The Kier molecular flexibility index (Phi) is 6.33. The number of nitrogens with zero attached hydrogens (tertiary/aromatic N) is 2. The molecule has 2 heterocycles. The summed E-state index contributed by atoms with van der Waals surface area (Å²) < 4.78 is 48.4. The van der Waals surface area contributed by atoms with Crippen LogP contribution in [-0.2, 0) is 16.0 Å². The third kappa shape index (κ3) is 5.48. The number of nitrogens with one attached hydrogen (secondary N) is 1. The van der Waals surface area contributed by atoms with Crippen LogP contribution in [0.25, 0.3) is 10.9 Å². The van der Waals surface area contributed by atoms with Crippen molar-refractivity contribution in [3.05, 3.63) is 76.8 Å². The summed E-state index contributed by atoms with van der Waals surface area (Å²) >= 11 is 5.95. The number of methoxy groups -OCH3 is 1. The van der Waals surface area contributed by atoms with Crippen molar-refractivity contribution in [1.82, 2.24) is 9.55 Å². The quantitative estimate of drug-likeness (QED) is 0.418. The van der Waals surface area contributed by atoms with Gasteiger partial charge in [-0.15, -0.1) is 13.2 Å². The molecule has 172 valence electrons. The minimum atomic E-state index is -4.69. The van der Waals surface area contributed by atoms with E-state index in [0.717, 1.165) is 16.5 Å². The number of rotatable bonds is 6. The Hall–Kier alpha value is -3.46. The summed E-state index contributed by atoms with van der Waals surface area (Å²) in [5.41, 5.74) is 2.54. The second-order valence-corrected chi connectivity index (χ2v) is 7.80. The van der Waals surface area contributed by atoms with Crippen LogP contribution in [0.4, 0.5) is 24.7 Å². The van der Waals surface area contributed by atoms with E-state index < -0.39 is 12.3 Å². The Morgan fingerprint density at radius 1 is 1.27 bits per heavy atom. The van der Waals surface area contributed by atoms with Gasteiger partial charge in [0.05, 0.1) is 12.1 Å². The van der Waals surface area contributed by atoms with Gasteiger partial charge in [0.25, 0.3) is 0 Å². The number of carbonyl (C=O) groups excluding carboxylic acids is 1. The number of halogens is 4. The van der Waals surface area contributed by atoms with E-state index in [9.17, 15) is 18.0 Å². The Bertz CT molecular complexity index is 1260. The number of benzene rings is 1. The average molecular weight is 478 g/mol. The summed E-state index contributed by atoms with van der Waals surface area (Å²) in [5.74, 6) is -0.345. The van der Waals surface area contributed by atoms with E-state index >= 15 is 0 Å². The first-order chi connectivity index (χ1) is 15.7. The van der Waals surface area contributed by atoms with Gasteiger partial charge in [0, 0.05) is 41.9 Å². The van der Waals surface area contributed by atoms with E-state index in [0.29, 0.717) is 29.5 Å². The normalized spacial score (nSPS) is 14.0. The van der Waals surface area contributed by atoms with Crippen molar-refractivity contribution in [3.8, 4) is 0 Å². The molecule has 0 spiro atoms. The van der Waals surface area contributed by atoms with E-state index in [1.54, 1.807) is 0 Å². The molecule has 1 N–H and O–H groups in total. The van der Waals surface area contributed by atoms with Crippen LogP contribution in [0.3, 0.4) is 0 Å². The van der Waals surface area contributed by atoms with Gasteiger partial charge in [-0.25, -0.2) is 9.78 Å². The Morgan fingerprint density at radius 2 is 2.09 bits per heavy atom. The van der Waals surface area contributed by atoms with Gasteiger partial charge in [0.1, 0.15) is 17.1 Å². The van der Waals surface area contributed by atoms with E-state index in [1.165, 1.54) is 25.4 Å². The predicted molar refractivity (Wildman–Crippen MR) is 118 cm³/mol. The summed E-state index contributed by atoms with van der Waals surface area (Å²) in [4.78, 5) is 16.2. The number of anilines is 2. The highest BCUT2D eigenvalue weighted by Crippen LogP contribution is 2.29. The molecular weight excluding hydrogens is 459 g/mol. The molecule has 3 aromatic rings. The monoisotopic (exact) mass is 477 g/mol. The second kappa shape index (κ2) is 9.19. The summed E-state index contributed by atoms with van der Waals surface area (Å²) in [6.07, 6.45) is 2.66. The Labute approximate surface area is 192 Å². The maximum absolute atomic E-state index is 12.5. The van der Waals surface area contributed by atoms with Crippen molar-refractivity contribution in [2.75, 3.05) is 12.4 Å². The molecule has 0 aliphatic heterocycles. The molecule has 0 saturated heterocycles. The lowest BCUT2D eigenvalue weighted by atomic mass is 10.1. The molecule has 1 aliphatic rings. The molecule has 4 rings (SSSR count). The minimum Gasteiger partial charge on any atom is -0.465 e. The van der Waals surface area contributed by atoms with Crippen LogP contribution in [0.5, 0.6) is 0 Å². The molecule has 33 heavy (non-hydrogen) atoms. The van der Waals surface area contributed by atoms with Gasteiger partial charge < -0.3 is 19.4 Å². The smallest absolute Gasteiger partial charge is 0.465 e. The van der Waals surface area contributed by atoms with Gasteiger partial charge in [-0.05, 0) is 48.4 Å². The maximum atomic E-state index is 12.5. The number of alkyl halides is 3. The number of pyridine rings is 1. The largest absolute Gasteiger partial charge is 0.572 e. The molecule has 1 aliphatic carbocycles. The lowest BCUT2D eigenvalue weighted by molar-refractivity contribution is -0.306. The summed E-state index contributed by atoms with van der Waals surface area (Å²) in [5, 5.41) is 4.31. The minimum absolute atomic E-state index is 0.0835. The number of ether oxygens (including phenoxy) is 2. The molecule has 0 saturated carbocycles. The second-order valence-electron chi connectivity index (χ2n) is 7.36. The first-order valence-electron chi connectivity index (χ1n) is 9.97. The van der Waals surface area contributed by atoms with Crippen LogP contribution in [0, 0.1) is 0 Å². The number of hydrogen-bond acceptors (Lipinski definition) is 5. The summed E-state index contributed by atoms with van der Waals surface area (Å²) in [6, 6.07) is 8.95. The van der Waals surface area contributed by atoms with E-state index in [-0.39, 0.29) is 17.7 Å². The van der Waals surface area contributed by atoms with Crippen LogP contribution >= 0.6 is 11.6 Å². The number of fused-ring (bicyclic) bond motifs is 1. The fourth-order valence-electron chi connectivity index (χ4n) is 3.63. The topological polar surface area (TPSA) is 65.4 Å². The Balaban J connectivity index is 1.54. The van der Waals surface area contributed by atoms with E-state index in [1.807, 2.05) is 41.1 Å². The standard InChI is InChI=1S/C23H19ClF3N3O3/c1-32-22(31)19-11-16(24)12-28-21(19)29-17-5-6-20-15(10-17)7-8-30(20)13-14-3-2-4-18(9-14)33-23(25,26)27/h3,5-12H,2,4,13H2,1H3,(H,28,29). The molecule has 0 unspecified atom stereocenters. The third-order valence-electron chi connectivity index (χ3n) is 5.04. The SMILES string of the molecule is COC(=O)c1cc(Cl)cnc1Nc1ccc2c(ccn2CC2=CCCC(OC(F)(F)F)=C2)c1. The lowest BCUT2D eigenvalue weighted by Gasteiger charge is -2.17. The zero-order chi connectivity index (χ0) is 23.6. The number of esters is 1. The highest BCUT2D eigenvalue weighted by molar-refractivity contribution is 6.30. The van der Waals surface area contributed by atoms with Gasteiger partial charge in [-0.3, -0.25) is 0 Å². The van der Waals surface area contributed by atoms with Gasteiger partial charge in [-0.2, -0.15) is 0 Å². The van der Waals surface area contributed by atoms with Gasteiger partial charge >= 0.3 is 12.3 Å². The average Bonchev–Trinajstić information content (AvgIpc) is 3.15. The lowest BCUT2D eigenvalue weighted by Crippen LogP contribution is -2.14. The fraction of sp³-hybridized carbons (Fsp3) is 0.217. The highest BCUT2D eigenvalue weighted by atomic mass is 35.5. The molecule has 6 nitrogen and oxygen atoms in total. The molecule has 1 aromatic carbocycles. The van der Waals surface area contributed by atoms with Crippen molar-refractivity contribution < 1.29 is 27.4 Å². The number of aromatic nitrogens is 2. The molecule has 0 bridgehead atoms. The maximum Gasteiger partial charge on any atom is 0.572 e. The molecule has 0 fully saturated rings. The van der Waals surface area contributed by atoms with Crippen LogP contribution in [0.2, 0.25) is 5.02 Å². The Morgan fingerprint density at radius 3 is 2.85 bits per heavy atom. The summed E-state index contributed by atoms with van der Waals surface area (Å²) in [6.45, 7) is 0.409. The fourth-order valence-corrected chi connectivity index (χ4v) is 3.79.